The third-order valence-electron chi connectivity index (χ3n) is 6.32. The zero-order chi connectivity index (χ0) is 24.5. The lowest BCUT2D eigenvalue weighted by Gasteiger charge is -2.32. The van der Waals surface area contributed by atoms with E-state index in [4.69, 9.17) is 0 Å². The van der Waals surface area contributed by atoms with Gasteiger partial charge in [-0.05, 0) is 43.4 Å². The van der Waals surface area contributed by atoms with Gasteiger partial charge in [0.25, 0.3) is 5.91 Å². The van der Waals surface area contributed by atoms with Gasteiger partial charge in [-0.3, -0.25) is 14.6 Å². The van der Waals surface area contributed by atoms with E-state index in [1.54, 1.807) is 20.0 Å². The van der Waals surface area contributed by atoms with E-state index in [-0.39, 0.29) is 36.2 Å². The average Bonchev–Trinajstić information content (AvgIpc) is 2.84. The maximum absolute atomic E-state index is 12.8. The lowest BCUT2D eigenvalue weighted by Crippen LogP contribution is -2.49. The van der Waals surface area contributed by atoms with E-state index in [2.05, 4.69) is 38.1 Å². The zero-order valence-electron chi connectivity index (χ0n) is 20.3. The standard InChI is InChI=1S/C25H36N6O3/c1-17(30-21-8-10-31(11-9-21)18(2)32)12-23(29-16-26-3)25(34)28-15-24(33)22-13-19-6-4-5-7-20(19)14-27-22/h4-7,12,16,21-22,24,27,30,33H,8-11,13-15H2,1-3H3,(H,28,34)/b17-12+,26-16?,29-23?/t22-,24+/m0/s1. The molecule has 0 unspecified atom stereocenters. The van der Waals surface area contributed by atoms with Crippen molar-refractivity contribution in [2.24, 2.45) is 9.98 Å². The van der Waals surface area contributed by atoms with E-state index in [9.17, 15) is 14.7 Å². The lowest BCUT2D eigenvalue weighted by molar-refractivity contribution is -0.129. The first-order chi connectivity index (χ1) is 16.4. The Morgan fingerprint density at radius 3 is 2.62 bits per heavy atom. The summed E-state index contributed by atoms with van der Waals surface area (Å²) in [6, 6.07) is 8.28. The molecule has 2 amide bonds. The van der Waals surface area contributed by atoms with Crippen LogP contribution < -0.4 is 16.0 Å². The normalized spacial score (nSPS) is 20.7. The summed E-state index contributed by atoms with van der Waals surface area (Å²) in [7, 11) is 1.59. The number of allylic oxidation sites excluding steroid dienone is 1. The largest absolute Gasteiger partial charge is 0.390 e. The highest BCUT2D eigenvalue weighted by atomic mass is 16.3. The predicted octanol–water partition coefficient (Wildman–Crippen LogP) is 0.781. The molecule has 2 aliphatic heterocycles. The summed E-state index contributed by atoms with van der Waals surface area (Å²) in [6.45, 7) is 5.75. The van der Waals surface area contributed by atoms with Crippen molar-refractivity contribution in [1.82, 2.24) is 20.9 Å². The van der Waals surface area contributed by atoms with Gasteiger partial charge in [-0.1, -0.05) is 24.3 Å². The first-order valence-corrected chi connectivity index (χ1v) is 11.8. The second-order valence-electron chi connectivity index (χ2n) is 8.88. The molecular weight excluding hydrogens is 432 g/mol. The summed E-state index contributed by atoms with van der Waals surface area (Å²) in [5.41, 5.74) is 3.48. The van der Waals surface area contributed by atoms with Crippen LogP contribution in [0.3, 0.4) is 0 Å². The minimum Gasteiger partial charge on any atom is -0.390 e. The minimum absolute atomic E-state index is 0.102. The molecule has 4 N–H and O–H groups in total. The molecule has 9 heteroatoms. The summed E-state index contributed by atoms with van der Waals surface area (Å²) < 4.78 is 0. The van der Waals surface area contributed by atoms with Crippen molar-refractivity contribution >= 4 is 23.9 Å². The molecule has 0 saturated carbocycles. The quantitative estimate of drug-likeness (QED) is 0.332. The van der Waals surface area contributed by atoms with E-state index in [1.807, 2.05) is 24.0 Å². The number of nitrogens with zero attached hydrogens (tertiary/aromatic N) is 3. The van der Waals surface area contributed by atoms with Crippen molar-refractivity contribution in [2.45, 2.75) is 57.8 Å². The van der Waals surface area contributed by atoms with E-state index in [1.165, 1.54) is 17.5 Å². The Kier molecular flexibility index (Phi) is 9.35. The number of aliphatic hydroxyl groups is 1. The van der Waals surface area contributed by atoms with E-state index >= 15 is 0 Å². The van der Waals surface area contributed by atoms with Gasteiger partial charge < -0.3 is 26.0 Å². The number of fused-ring (bicyclic) bond motifs is 1. The Hall–Kier alpha value is -3.04. The Bertz CT molecular complexity index is 950. The molecule has 0 aromatic heterocycles. The molecule has 2 atom stereocenters. The van der Waals surface area contributed by atoms with Crippen LogP contribution in [0, 0.1) is 0 Å². The molecule has 2 aliphatic rings. The molecule has 34 heavy (non-hydrogen) atoms. The van der Waals surface area contributed by atoms with Crippen LogP contribution in [0.15, 0.2) is 46.0 Å². The average molecular weight is 469 g/mol. The molecule has 1 aromatic rings. The van der Waals surface area contributed by atoms with Crippen LogP contribution in [-0.4, -0.2) is 78.7 Å². The van der Waals surface area contributed by atoms with Gasteiger partial charge in [-0.15, -0.1) is 0 Å². The molecule has 3 rings (SSSR count). The highest BCUT2D eigenvalue weighted by Crippen LogP contribution is 2.17. The number of benzene rings is 1. The molecule has 184 valence electrons. The van der Waals surface area contributed by atoms with E-state index in [0.29, 0.717) is 13.0 Å². The fourth-order valence-corrected chi connectivity index (χ4v) is 4.37. The Morgan fingerprint density at radius 1 is 1.24 bits per heavy atom. The van der Waals surface area contributed by atoms with Crippen molar-refractivity contribution in [1.29, 1.82) is 0 Å². The minimum atomic E-state index is -0.729. The van der Waals surface area contributed by atoms with Gasteiger partial charge in [0.15, 0.2) is 0 Å². The lowest BCUT2D eigenvalue weighted by atomic mass is 9.93. The van der Waals surface area contributed by atoms with Crippen molar-refractivity contribution in [3.8, 4) is 0 Å². The van der Waals surface area contributed by atoms with Gasteiger partial charge >= 0.3 is 0 Å². The van der Waals surface area contributed by atoms with Crippen LogP contribution >= 0.6 is 0 Å². The monoisotopic (exact) mass is 468 g/mol. The topological polar surface area (TPSA) is 118 Å². The number of amides is 2. The zero-order valence-corrected chi connectivity index (χ0v) is 20.3. The Labute approximate surface area is 201 Å². The number of hydrogen-bond acceptors (Lipinski definition) is 6. The third-order valence-corrected chi connectivity index (χ3v) is 6.32. The second kappa shape index (κ2) is 12.4. The van der Waals surface area contributed by atoms with Gasteiger partial charge in [-0.25, -0.2) is 4.99 Å². The number of hydrogen-bond donors (Lipinski definition) is 4. The number of piperidine rings is 1. The van der Waals surface area contributed by atoms with Crippen molar-refractivity contribution in [3.63, 3.8) is 0 Å². The van der Waals surface area contributed by atoms with Crippen molar-refractivity contribution in [3.05, 3.63) is 47.2 Å². The van der Waals surface area contributed by atoms with Crippen LogP contribution in [-0.2, 0) is 22.6 Å². The Morgan fingerprint density at radius 2 is 1.94 bits per heavy atom. The number of rotatable bonds is 8. The van der Waals surface area contributed by atoms with Gasteiger partial charge in [0.05, 0.1) is 6.10 Å². The fourth-order valence-electron chi connectivity index (χ4n) is 4.37. The van der Waals surface area contributed by atoms with Gasteiger partial charge in [-0.2, -0.15) is 0 Å². The molecule has 1 saturated heterocycles. The smallest absolute Gasteiger partial charge is 0.270 e. The maximum atomic E-state index is 12.8. The molecule has 1 aromatic carbocycles. The summed E-state index contributed by atoms with van der Waals surface area (Å²) >= 11 is 0. The van der Waals surface area contributed by atoms with Crippen LogP contribution in [0.25, 0.3) is 0 Å². The summed E-state index contributed by atoms with van der Waals surface area (Å²) in [5.74, 6) is -0.270. The second-order valence-corrected chi connectivity index (χ2v) is 8.88. The number of carbonyl (C=O) groups excluding carboxylic acids is 2. The molecule has 0 bridgehead atoms. The number of aliphatic imine (C=N–C) groups is 2. The van der Waals surface area contributed by atoms with Crippen LogP contribution in [0.1, 0.15) is 37.8 Å². The van der Waals surface area contributed by atoms with Crippen LogP contribution in [0.2, 0.25) is 0 Å². The number of carbonyl (C=O) groups is 2. The molecule has 0 aliphatic carbocycles. The first kappa shape index (κ1) is 25.6. The van der Waals surface area contributed by atoms with E-state index < -0.39 is 6.10 Å². The summed E-state index contributed by atoms with van der Waals surface area (Å²) in [4.78, 5) is 34.2. The first-order valence-electron chi connectivity index (χ1n) is 11.8. The molecule has 0 radical (unpaired) electrons. The van der Waals surface area contributed by atoms with Crippen LogP contribution in [0.4, 0.5) is 0 Å². The molecule has 9 nitrogen and oxygen atoms in total. The molecule has 1 fully saturated rings. The Balaban J connectivity index is 1.54. The van der Waals surface area contributed by atoms with Gasteiger partial charge in [0, 0.05) is 57.9 Å². The van der Waals surface area contributed by atoms with Gasteiger partial charge in [0.2, 0.25) is 5.91 Å². The highest BCUT2D eigenvalue weighted by molar-refractivity contribution is 6.44. The fraction of sp³-hybridized carbons (Fsp3) is 0.520. The predicted molar refractivity (Wildman–Crippen MR) is 134 cm³/mol. The van der Waals surface area contributed by atoms with Crippen molar-refractivity contribution < 1.29 is 14.7 Å². The van der Waals surface area contributed by atoms with Gasteiger partial charge in [0.1, 0.15) is 12.1 Å². The maximum Gasteiger partial charge on any atom is 0.270 e. The van der Waals surface area contributed by atoms with Crippen molar-refractivity contribution in [2.75, 3.05) is 26.7 Å². The van der Waals surface area contributed by atoms with Crippen LogP contribution in [0.5, 0.6) is 0 Å². The third kappa shape index (κ3) is 7.23. The number of likely N-dealkylation sites (tertiary alicyclic amines) is 1. The summed E-state index contributed by atoms with van der Waals surface area (Å²) in [5, 5.41) is 20.2. The number of nitrogens with one attached hydrogen (secondary N) is 3. The molecule has 0 spiro atoms. The highest BCUT2D eigenvalue weighted by Gasteiger charge is 2.25. The van der Waals surface area contributed by atoms with E-state index in [0.717, 1.165) is 31.6 Å². The SMILES string of the molecule is CN=CN=C(/C=C(\C)NC1CCN(C(C)=O)CC1)C(=O)NC[C@@H](O)[C@@H]1Cc2ccccc2CN1. The molecule has 2 heterocycles. The number of aliphatic hydroxyl groups excluding tert-OH is 1. The molecular formula is C25H36N6O3. The summed E-state index contributed by atoms with van der Waals surface area (Å²) in [6.07, 6.45) is 4.71.